The van der Waals surface area contributed by atoms with Crippen LogP contribution in [-0.2, 0) is 15.1 Å². The molecule has 0 bridgehead atoms. The number of non-ortho nitro benzene ring substituents is 1. The maximum atomic E-state index is 11.9. The molecule has 19 heavy (non-hydrogen) atoms. The number of urea groups is 1. The number of nitro groups is 1. The number of carbonyl (C=O) groups excluding carboxylic acids is 3. The minimum atomic E-state index is -1.92. The molecular weight excluding hydrogens is 256 g/mol. The Bertz CT molecular complexity index is 670. The monoisotopic (exact) mass is 262 g/mol. The Kier molecular flexibility index (Phi) is 1.92. The first kappa shape index (κ1) is 11.1. The Morgan fingerprint density at radius 3 is 2.37 bits per heavy atom. The van der Waals surface area contributed by atoms with Crippen molar-refractivity contribution in [1.29, 1.82) is 0 Å². The fraction of sp³-hybridized carbons (Fsp3) is 0.100. The molecule has 0 saturated carbocycles. The number of fused-ring (bicyclic) bond motifs is 2. The minimum absolute atomic E-state index is 0.0649. The maximum absolute atomic E-state index is 11.9. The second-order valence-electron chi connectivity index (χ2n) is 4.10. The van der Waals surface area contributed by atoms with Gasteiger partial charge in [0.25, 0.3) is 17.5 Å². The first-order chi connectivity index (χ1) is 8.95. The molecular formula is C10H6N4O5. The number of nitro benzene ring substituents is 1. The van der Waals surface area contributed by atoms with Gasteiger partial charge in [-0.2, -0.15) is 0 Å². The van der Waals surface area contributed by atoms with Crippen molar-refractivity contribution < 1.29 is 19.3 Å². The van der Waals surface area contributed by atoms with Crippen molar-refractivity contribution in [3.05, 3.63) is 33.9 Å². The molecule has 1 saturated heterocycles. The van der Waals surface area contributed by atoms with Gasteiger partial charge in [-0.3, -0.25) is 25.0 Å². The minimum Gasteiger partial charge on any atom is -0.323 e. The Balaban J connectivity index is 2.23. The fourth-order valence-electron chi connectivity index (χ4n) is 2.21. The summed E-state index contributed by atoms with van der Waals surface area (Å²) in [5.74, 6) is -1.60. The molecule has 0 aromatic heterocycles. The van der Waals surface area contributed by atoms with Crippen molar-refractivity contribution in [1.82, 2.24) is 10.6 Å². The van der Waals surface area contributed by atoms with Crippen LogP contribution in [0.5, 0.6) is 0 Å². The number of nitrogens with one attached hydrogen (secondary N) is 3. The van der Waals surface area contributed by atoms with Gasteiger partial charge >= 0.3 is 6.03 Å². The highest BCUT2D eigenvalue weighted by molar-refractivity contribution is 6.27. The Labute approximate surface area is 105 Å². The molecule has 1 aromatic rings. The lowest BCUT2D eigenvalue weighted by atomic mass is 9.91. The van der Waals surface area contributed by atoms with E-state index in [1.165, 1.54) is 12.1 Å². The van der Waals surface area contributed by atoms with E-state index in [0.29, 0.717) is 0 Å². The summed E-state index contributed by atoms with van der Waals surface area (Å²) in [5, 5.41) is 17.3. The van der Waals surface area contributed by atoms with E-state index in [9.17, 15) is 24.5 Å². The van der Waals surface area contributed by atoms with Crippen molar-refractivity contribution >= 4 is 29.2 Å². The summed E-state index contributed by atoms with van der Waals surface area (Å²) in [6.07, 6.45) is 0. The lowest BCUT2D eigenvalue weighted by Crippen LogP contribution is -2.49. The van der Waals surface area contributed by atoms with Gasteiger partial charge in [-0.1, -0.05) is 0 Å². The van der Waals surface area contributed by atoms with Gasteiger partial charge in [0.1, 0.15) is 0 Å². The van der Waals surface area contributed by atoms with Crippen LogP contribution in [-0.4, -0.2) is 22.8 Å². The normalized spacial score (nSPS) is 23.9. The molecule has 1 fully saturated rings. The Morgan fingerprint density at radius 2 is 1.79 bits per heavy atom. The number of benzene rings is 1. The Morgan fingerprint density at radius 1 is 1.11 bits per heavy atom. The molecule has 0 radical (unpaired) electrons. The molecule has 3 N–H and O–H groups in total. The molecule has 2 aliphatic heterocycles. The van der Waals surface area contributed by atoms with E-state index < -0.39 is 28.3 Å². The van der Waals surface area contributed by atoms with Gasteiger partial charge in [0.15, 0.2) is 0 Å². The van der Waals surface area contributed by atoms with E-state index >= 15 is 0 Å². The number of hydrogen-bond acceptors (Lipinski definition) is 5. The molecule has 9 heteroatoms. The standard InChI is InChI=1S/C10H6N4O5/c15-7-10(8(16)12-9(17)13-10)5-3-4(14(18)19)1-2-6(5)11-7/h1-3H,(H,11,15)(H2,12,13,16,17). The van der Waals surface area contributed by atoms with Crippen LogP contribution in [0.15, 0.2) is 18.2 Å². The summed E-state index contributed by atoms with van der Waals surface area (Å²) < 4.78 is 0. The van der Waals surface area contributed by atoms with Crippen molar-refractivity contribution in [2.24, 2.45) is 0 Å². The molecule has 4 amide bonds. The second-order valence-corrected chi connectivity index (χ2v) is 4.10. The number of anilines is 1. The van der Waals surface area contributed by atoms with Gasteiger partial charge in [-0.25, -0.2) is 4.79 Å². The molecule has 3 rings (SSSR count). The first-order valence-corrected chi connectivity index (χ1v) is 5.19. The van der Waals surface area contributed by atoms with Gasteiger partial charge in [0.2, 0.25) is 5.54 Å². The van der Waals surface area contributed by atoms with E-state index in [2.05, 4.69) is 10.6 Å². The van der Waals surface area contributed by atoms with E-state index in [-0.39, 0.29) is 16.9 Å². The van der Waals surface area contributed by atoms with Gasteiger partial charge in [-0.15, -0.1) is 0 Å². The number of imide groups is 1. The Hall–Kier alpha value is -2.97. The molecule has 9 nitrogen and oxygen atoms in total. The zero-order valence-electron chi connectivity index (χ0n) is 9.22. The zero-order valence-corrected chi connectivity index (χ0v) is 9.22. The number of rotatable bonds is 1. The molecule has 0 aliphatic carbocycles. The summed E-state index contributed by atoms with van der Waals surface area (Å²) in [7, 11) is 0. The van der Waals surface area contributed by atoms with Gasteiger partial charge in [0.05, 0.1) is 4.92 Å². The van der Waals surface area contributed by atoms with Gasteiger partial charge in [-0.05, 0) is 6.07 Å². The van der Waals surface area contributed by atoms with E-state index in [0.717, 1.165) is 6.07 Å². The van der Waals surface area contributed by atoms with Crippen LogP contribution >= 0.6 is 0 Å². The fourth-order valence-corrected chi connectivity index (χ4v) is 2.21. The van der Waals surface area contributed by atoms with Crippen LogP contribution in [0.1, 0.15) is 5.56 Å². The highest BCUT2D eigenvalue weighted by atomic mass is 16.6. The van der Waals surface area contributed by atoms with Crippen LogP contribution in [0, 0.1) is 10.1 Å². The van der Waals surface area contributed by atoms with Gasteiger partial charge in [0, 0.05) is 23.4 Å². The molecule has 1 aromatic carbocycles. The summed E-state index contributed by atoms with van der Waals surface area (Å²) in [5.41, 5.74) is -1.87. The predicted octanol–water partition coefficient (Wildman–Crippen LogP) is -0.418. The van der Waals surface area contributed by atoms with Crippen LogP contribution in [0.4, 0.5) is 16.2 Å². The summed E-state index contributed by atoms with van der Waals surface area (Å²) in [6, 6.07) is 2.79. The van der Waals surface area contributed by atoms with Crippen LogP contribution in [0.3, 0.4) is 0 Å². The average Bonchev–Trinajstić information content (AvgIpc) is 2.79. The SMILES string of the molecule is O=C1NC(=O)C2(N1)C(=O)Nc1ccc([N+](=O)[O-])cc12. The highest BCUT2D eigenvalue weighted by Crippen LogP contribution is 2.39. The summed E-state index contributed by atoms with van der Waals surface area (Å²) in [4.78, 5) is 45.1. The topological polar surface area (TPSA) is 130 Å². The van der Waals surface area contributed by atoms with E-state index in [4.69, 9.17) is 0 Å². The smallest absolute Gasteiger partial charge is 0.323 e. The van der Waals surface area contributed by atoms with Gasteiger partial charge < -0.3 is 10.6 Å². The van der Waals surface area contributed by atoms with Crippen LogP contribution < -0.4 is 16.0 Å². The third-order valence-electron chi connectivity index (χ3n) is 3.08. The molecule has 1 unspecified atom stereocenters. The van der Waals surface area contributed by atoms with Crippen LogP contribution in [0.2, 0.25) is 0 Å². The lowest BCUT2D eigenvalue weighted by Gasteiger charge is -2.16. The largest absolute Gasteiger partial charge is 0.323 e. The zero-order chi connectivity index (χ0) is 13.8. The van der Waals surface area contributed by atoms with Crippen LogP contribution in [0.25, 0.3) is 0 Å². The predicted molar refractivity (Wildman–Crippen MR) is 60.1 cm³/mol. The highest BCUT2D eigenvalue weighted by Gasteiger charge is 2.59. The summed E-state index contributed by atoms with van der Waals surface area (Å²) >= 11 is 0. The first-order valence-electron chi connectivity index (χ1n) is 5.19. The number of nitrogens with zero attached hydrogens (tertiary/aromatic N) is 1. The average molecular weight is 262 g/mol. The molecule has 2 aliphatic rings. The van der Waals surface area contributed by atoms with Crippen molar-refractivity contribution in [3.63, 3.8) is 0 Å². The maximum Gasteiger partial charge on any atom is 0.323 e. The van der Waals surface area contributed by atoms with Crippen molar-refractivity contribution in [2.75, 3.05) is 5.32 Å². The molecule has 96 valence electrons. The quantitative estimate of drug-likeness (QED) is 0.274. The van der Waals surface area contributed by atoms with Crippen molar-refractivity contribution in [2.45, 2.75) is 5.54 Å². The summed E-state index contributed by atoms with van der Waals surface area (Å²) in [6.45, 7) is 0. The van der Waals surface area contributed by atoms with Crippen molar-refractivity contribution in [3.8, 4) is 0 Å². The molecule has 2 heterocycles. The molecule has 1 atom stereocenters. The third-order valence-corrected chi connectivity index (χ3v) is 3.08. The van der Waals surface area contributed by atoms with E-state index in [1.54, 1.807) is 0 Å². The number of hydrogen-bond donors (Lipinski definition) is 3. The lowest BCUT2D eigenvalue weighted by molar-refractivity contribution is -0.384. The number of amides is 4. The van der Waals surface area contributed by atoms with E-state index in [1.807, 2.05) is 5.32 Å². The molecule has 1 spiro atoms. The number of carbonyl (C=O) groups is 3. The third kappa shape index (κ3) is 1.26. The second kappa shape index (κ2) is 3.28.